The second kappa shape index (κ2) is 3.86. The number of hydrogen-bond donors (Lipinski definition) is 0. The zero-order chi connectivity index (χ0) is 8.27. The molecule has 1 aliphatic rings. The lowest BCUT2D eigenvalue weighted by Crippen LogP contribution is -2.34. The first-order valence-corrected chi connectivity index (χ1v) is 4.49. The van der Waals surface area contributed by atoms with Crippen molar-refractivity contribution in [3.63, 3.8) is 0 Å². The normalized spacial score (nSPS) is 28.7. The lowest BCUT2D eigenvalue weighted by molar-refractivity contribution is -0.112. The average molecular weight is 155 g/mol. The maximum Gasteiger partial charge on any atom is 0.124 e. The third kappa shape index (κ3) is 1.80. The van der Waals surface area contributed by atoms with Crippen molar-refractivity contribution in [2.75, 3.05) is 13.1 Å². The molecule has 2 atom stereocenters. The van der Waals surface area contributed by atoms with Crippen LogP contribution in [0.1, 0.15) is 26.7 Å². The second-order valence-electron chi connectivity index (χ2n) is 3.33. The molecule has 1 aliphatic heterocycles. The monoisotopic (exact) mass is 155 g/mol. The first kappa shape index (κ1) is 8.72. The highest BCUT2D eigenvalue weighted by Crippen LogP contribution is 2.21. The molecule has 0 radical (unpaired) electrons. The number of carbonyl (C=O) groups excluding carboxylic acids is 1. The predicted octanol–water partition coefficient (Wildman–Crippen LogP) is 1.31. The number of carbonyl (C=O) groups is 1. The van der Waals surface area contributed by atoms with Gasteiger partial charge >= 0.3 is 0 Å². The molecule has 11 heavy (non-hydrogen) atoms. The van der Waals surface area contributed by atoms with Crippen LogP contribution in [0.4, 0.5) is 0 Å². The van der Waals surface area contributed by atoms with Crippen molar-refractivity contribution < 1.29 is 4.79 Å². The molecule has 0 aromatic rings. The minimum Gasteiger partial charge on any atom is -0.303 e. The Kier molecular flexibility index (Phi) is 3.06. The first-order valence-electron chi connectivity index (χ1n) is 4.49. The van der Waals surface area contributed by atoms with Crippen molar-refractivity contribution in [3.05, 3.63) is 0 Å². The molecule has 64 valence electrons. The minimum atomic E-state index is 0.220. The molecule has 1 fully saturated rings. The smallest absolute Gasteiger partial charge is 0.124 e. The van der Waals surface area contributed by atoms with Crippen LogP contribution in [0.5, 0.6) is 0 Å². The largest absolute Gasteiger partial charge is 0.303 e. The third-order valence-electron chi connectivity index (χ3n) is 2.64. The van der Waals surface area contributed by atoms with E-state index >= 15 is 0 Å². The van der Waals surface area contributed by atoms with Crippen LogP contribution in [0.15, 0.2) is 0 Å². The fraction of sp³-hybridized carbons (Fsp3) is 0.889. The van der Waals surface area contributed by atoms with Gasteiger partial charge in [0.15, 0.2) is 0 Å². The van der Waals surface area contributed by atoms with Crippen molar-refractivity contribution in [1.29, 1.82) is 0 Å². The molecule has 2 heteroatoms. The summed E-state index contributed by atoms with van der Waals surface area (Å²) in [5.41, 5.74) is 0. The summed E-state index contributed by atoms with van der Waals surface area (Å²) in [7, 11) is 0. The Morgan fingerprint density at radius 2 is 2.45 bits per heavy atom. The highest BCUT2D eigenvalue weighted by Gasteiger charge is 2.27. The Morgan fingerprint density at radius 1 is 1.73 bits per heavy atom. The number of aldehydes is 1. The molecule has 1 heterocycles. The third-order valence-corrected chi connectivity index (χ3v) is 2.64. The van der Waals surface area contributed by atoms with Crippen LogP contribution in [-0.4, -0.2) is 30.3 Å². The van der Waals surface area contributed by atoms with E-state index in [1.807, 2.05) is 6.92 Å². The first-order chi connectivity index (χ1) is 5.29. The van der Waals surface area contributed by atoms with Crippen LogP contribution in [0.3, 0.4) is 0 Å². The molecule has 0 aliphatic carbocycles. The Balaban J connectivity index is 2.48. The van der Waals surface area contributed by atoms with Gasteiger partial charge in [0.1, 0.15) is 6.29 Å². The van der Waals surface area contributed by atoms with E-state index in [4.69, 9.17) is 0 Å². The molecule has 0 saturated carbocycles. The molecule has 0 spiro atoms. The van der Waals surface area contributed by atoms with E-state index in [0.717, 1.165) is 12.8 Å². The van der Waals surface area contributed by atoms with Gasteiger partial charge in [0, 0.05) is 12.0 Å². The quantitative estimate of drug-likeness (QED) is 0.573. The van der Waals surface area contributed by atoms with Crippen molar-refractivity contribution in [2.45, 2.75) is 32.7 Å². The lowest BCUT2D eigenvalue weighted by Gasteiger charge is -2.24. The van der Waals surface area contributed by atoms with E-state index in [2.05, 4.69) is 11.8 Å². The highest BCUT2D eigenvalue weighted by molar-refractivity contribution is 5.54. The molecule has 0 N–H and O–H groups in total. The molecule has 1 rings (SSSR count). The van der Waals surface area contributed by atoms with Crippen LogP contribution >= 0.6 is 0 Å². The van der Waals surface area contributed by atoms with Gasteiger partial charge in [-0.05, 0) is 25.9 Å². The minimum absolute atomic E-state index is 0.220. The van der Waals surface area contributed by atoms with Gasteiger partial charge in [0.05, 0.1) is 0 Å². The van der Waals surface area contributed by atoms with Crippen LogP contribution < -0.4 is 0 Å². The van der Waals surface area contributed by atoms with Crippen LogP contribution in [0.2, 0.25) is 0 Å². The fourth-order valence-corrected chi connectivity index (χ4v) is 1.93. The van der Waals surface area contributed by atoms with E-state index in [0.29, 0.717) is 6.04 Å². The van der Waals surface area contributed by atoms with Crippen molar-refractivity contribution >= 4 is 6.29 Å². The van der Waals surface area contributed by atoms with Gasteiger partial charge in [-0.3, -0.25) is 4.90 Å². The summed E-state index contributed by atoms with van der Waals surface area (Å²) < 4.78 is 0. The molecule has 0 aromatic carbocycles. The number of nitrogens with zero attached hydrogens (tertiary/aromatic N) is 1. The summed E-state index contributed by atoms with van der Waals surface area (Å²) in [5.74, 6) is 0.220. The topological polar surface area (TPSA) is 20.3 Å². The maximum absolute atomic E-state index is 10.5. The van der Waals surface area contributed by atoms with E-state index < -0.39 is 0 Å². The van der Waals surface area contributed by atoms with Gasteiger partial charge in [-0.25, -0.2) is 0 Å². The summed E-state index contributed by atoms with van der Waals surface area (Å²) in [6.45, 7) is 6.45. The zero-order valence-corrected chi connectivity index (χ0v) is 7.42. The van der Waals surface area contributed by atoms with Gasteiger partial charge in [0.2, 0.25) is 0 Å². The van der Waals surface area contributed by atoms with Gasteiger partial charge in [-0.1, -0.05) is 13.8 Å². The summed E-state index contributed by atoms with van der Waals surface area (Å²) in [4.78, 5) is 12.9. The van der Waals surface area contributed by atoms with Crippen molar-refractivity contribution in [3.8, 4) is 0 Å². The predicted molar refractivity (Wildman–Crippen MR) is 45.5 cm³/mol. The van der Waals surface area contributed by atoms with E-state index in [9.17, 15) is 4.79 Å². The highest BCUT2D eigenvalue weighted by atomic mass is 16.1. The summed E-state index contributed by atoms with van der Waals surface area (Å²) in [5, 5.41) is 0. The fourth-order valence-electron chi connectivity index (χ4n) is 1.93. The van der Waals surface area contributed by atoms with Gasteiger partial charge in [-0.2, -0.15) is 0 Å². The SMILES string of the molecule is CCN1CCCC1[C@@H](C)C=O. The Bertz CT molecular complexity index is 136. The molecular weight excluding hydrogens is 138 g/mol. The molecule has 0 bridgehead atoms. The van der Waals surface area contributed by atoms with Crippen LogP contribution in [0, 0.1) is 5.92 Å². The second-order valence-corrected chi connectivity index (χ2v) is 3.33. The Labute approximate surface area is 68.6 Å². The van der Waals surface area contributed by atoms with Crippen LogP contribution in [-0.2, 0) is 4.79 Å². The Morgan fingerprint density at radius 3 is 3.00 bits per heavy atom. The number of rotatable bonds is 3. The molecule has 0 aromatic heterocycles. The zero-order valence-electron chi connectivity index (χ0n) is 7.42. The molecule has 2 nitrogen and oxygen atoms in total. The standard InChI is InChI=1S/C9H17NO/c1-3-10-6-4-5-9(10)8(2)7-11/h7-9H,3-6H2,1-2H3/t8-,9?/m0/s1. The molecule has 1 saturated heterocycles. The van der Waals surface area contributed by atoms with E-state index in [-0.39, 0.29) is 5.92 Å². The maximum atomic E-state index is 10.5. The molecular formula is C9H17NO. The van der Waals surface area contributed by atoms with Gasteiger partial charge < -0.3 is 4.79 Å². The van der Waals surface area contributed by atoms with Crippen molar-refractivity contribution in [2.24, 2.45) is 5.92 Å². The van der Waals surface area contributed by atoms with Gasteiger partial charge in [0.25, 0.3) is 0 Å². The lowest BCUT2D eigenvalue weighted by atomic mass is 10.0. The summed E-state index contributed by atoms with van der Waals surface area (Å²) in [6.07, 6.45) is 3.54. The van der Waals surface area contributed by atoms with Crippen molar-refractivity contribution in [1.82, 2.24) is 4.90 Å². The molecule has 1 unspecified atom stereocenters. The molecule has 0 amide bonds. The average Bonchev–Trinajstić information content (AvgIpc) is 2.50. The Hall–Kier alpha value is -0.370. The summed E-state index contributed by atoms with van der Waals surface area (Å²) in [6, 6.07) is 0.525. The summed E-state index contributed by atoms with van der Waals surface area (Å²) >= 11 is 0. The van der Waals surface area contributed by atoms with E-state index in [1.165, 1.54) is 19.4 Å². The number of hydrogen-bond acceptors (Lipinski definition) is 2. The van der Waals surface area contributed by atoms with Crippen LogP contribution in [0.25, 0.3) is 0 Å². The van der Waals surface area contributed by atoms with E-state index in [1.54, 1.807) is 0 Å². The number of likely N-dealkylation sites (tertiary alicyclic amines) is 1. The van der Waals surface area contributed by atoms with Gasteiger partial charge in [-0.15, -0.1) is 0 Å².